The summed E-state index contributed by atoms with van der Waals surface area (Å²) >= 11 is 0. The van der Waals surface area contributed by atoms with Crippen LogP contribution in [0.2, 0.25) is 0 Å². The molecule has 1 aromatic heterocycles. The van der Waals surface area contributed by atoms with Gasteiger partial charge >= 0.3 is 0 Å². The predicted octanol–water partition coefficient (Wildman–Crippen LogP) is 7.11. The van der Waals surface area contributed by atoms with Gasteiger partial charge in [-0.05, 0) is 34.7 Å². The van der Waals surface area contributed by atoms with Gasteiger partial charge in [-0.15, -0.1) is 0 Å². The lowest BCUT2D eigenvalue weighted by Gasteiger charge is -2.48. The molecule has 5 aromatic rings. The molecular formula is C33H30NOP. The van der Waals surface area contributed by atoms with E-state index in [-0.39, 0.29) is 10.8 Å². The molecule has 0 saturated carbocycles. The van der Waals surface area contributed by atoms with Crippen LogP contribution in [-0.2, 0) is 15.4 Å². The van der Waals surface area contributed by atoms with E-state index in [1.807, 2.05) is 66.7 Å². The molecule has 4 aromatic carbocycles. The van der Waals surface area contributed by atoms with Crippen molar-refractivity contribution in [2.45, 2.75) is 38.5 Å². The molecule has 0 amide bonds. The highest BCUT2D eigenvalue weighted by Gasteiger charge is 2.47. The van der Waals surface area contributed by atoms with Crippen molar-refractivity contribution in [1.82, 2.24) is 4.98 Å². The highest BCUT2D eigenvalue weighted by atomic mass is 31.2. The molecule has 0 atom stereocenters. The molecule has 0 saturated heterocycles. The summed E-state index contributed by atoms with van der Waals surface area (Å²) in [4.78, 5) is 5.16. The normalized spacial score (nSPS) is 15.8. The molecule has 0 N–H and O–H groups in total. The molecule has 178 valence electrons. The monoisotopic (exact) mass is 487 g/mol. The van der Waals surface area contributed by atoms with Crippen LogP contribution >= 0.6 is 7.14 Å². The van der Waals surface area contributed by atoms with Crippen LogP contribution in [0, 0.1) is 0 Å². The third-order valence-electron chi connectivity index (χ3n) is 8.49. The van der Waals surface area contributed by atoms with E-state index >= 15 is 4.57 Å². The van der Waals surface area contributed by atoms with Gasteiger partial charge in [0.1, 0.15) is 0 Å². The summed E-state index contributed by atoms with van der Waals surface area (Å²) in [5.41, 5.74) is 5.27. The van der Waals surface area contributed by atoms with E-state index < -0.39 is 7.14 Å². The SMILES string of the molecule is CC1(C)c2cc(P(=O)(c3ccccc3)c3ccccc3)ccc2-c2nc3ccccc3cc2C1(C)C. The molecule has 0 aliphatic heterocycles. The molecule has 0 unspecified atom stereocenters. The Bertz CT molecular complexity index is 1610. The number of hydrogen-bond acceptors (Lipinski definition) is 2. The molecular weight excluding hydrogens is 457 g/mol. The maximum atomic E-state index is 15.1. The summed E-state index contributed by atoms with van der Waals surface area (Å²) in [6, 6.07) is 36.9. The fourth-order valence-electron chi connectivity index (χ4n) is 5.65. The second kappa shape index (κ2) is 8.02. The highest BCUT2D eigenvalue weighted by molar-refractivity contribution is 7.85. The van der Waals surface area contributed by atoms with E-state index in [0.717, 1.165) is 38.1 Å². The fraction of sp³-hybridized carbons (Fsp3) is 0.182. The van der Waals surface area contributed by atoms with Crippen molar-refractivity contribution in [3.05, 3.63) is 120 Å². The van der Waals surface area contributed by atoms with E-state index in [0.29, 0.717) is 0 Å². The maximum Gasteiger partial charge on any atom is 0.171 e. The standard InChI is InChI=1S/C33H30NOP/c1-32(2)28-22-26(36(35,24-14-7-5-8-15-24)25-16-9-6-10-17-25)19-20-27(28)31-29(33(32,3)4)21-23-13-11-12-18-30(23)34-31/h5-22H,1-4H3. The number of pyridine rings is 1. The van der Waals surface area contributed by atoms with Gasteiger partial charge < -0.3 is 4.57 Å². The first kappa shape index (κ1) is 23.0. The molecule has 0 fully saturated rings. The van der Waals surface area contributed by atoms with Crippen molar-refractivity contribution in [3.63, 3.8) is 0 Å². The number of rotatable bonds is 3. The van der Waals surface area contributed by atoms with Crippen LogP contribution in [0.15, 0.2) is 109 Å². The van der Waals surface area contributed by atoms with Crippen LogP contribution in [0.4, 0.5) is 0 Å². The van der Waals surface area contributed by atoms with Crippen molar-refractivity contribution in [2.75, 3.05) is 0 Å². The molecule has 6 rings (SSSR count). The Kier molecular flexibility index (Phi) is 5.11. The highest BCUT2D eigenvalue weighted by Crippen LogP contribution is 2.54. The molecule has 1 aliphatic rings. The van der Waals surface area contributed by atoms with Gasteiger partial charge in [0.15, 0.2) is 7.14 Å². The Morgan fingerprint density at radius 2 is 1.14 bits per heavy atom. The van der Waals surface area contributed by atoms with Crippen molar-refractivity contribution in [2.24, 2.45) is 0 Å². The van der Waals surface area contributed by atoms with Crippen molar-refractivity contribution in [1.29, 1.82) is 0 Å². The average Bonchev–Trinajstić information content (AvgIpc) is 2.91. The van der Waals surface area contributed by atoms with Crippen LogP contribution in [0.1, 0.15) is 38.8 Å². The minimum Gasteiger partial charge on any atom is -0.309 e. The number of para-hydroxylation sites is 1. The minimum absolute atomic E-state index is 0.172. The van der Waals surface area contributed by atoms with Gasteiger partial charge in [0.05, 0.1) is 11.2 Å². The summed E-state index contributed by atoms with van der Waals surface area (Å²) < 4.78 is 15.1. The Morgan fingerprint density at radius 3 is 1.78 bits per heavy atom. The summed E-state index contributed by atoms with van der Waals surface area (Å²) in [6.45, 7) is 9.24. The number of fused-ring (bicyclic) bond motifs is 4. The first-order valence-corrected chi connectivity index (χ1v) is 14.2. The van der Waals surface area contributed by atoms with Gasteiger partial charge in [-0.1, -0.05) is 119 Å². The second-order valence-electron chi connectivity index (χ2n) is 10.8. The smallest absolute Gasteiger partial charge is 0.171 e. The lowest BCUT2D eigenvalue weighted by atomic mass is 9.56. The Balaban J connectivity index is 1.65. The number of nitrogens with zero attached hydrogens (tertiary/aromatic N) is 1. The number of aromatic nitrogens is 1. The van der Waals surface area contributed by atoms with E-state index in [1.54, 1.807) is 0 Å². The van der Waals surface area contributed by atoms with E-state index in [9.17, 15) is 0 Å². The quantitative estimate of drug-likeness (QED) is 0.254. The molecule has 0 spiro atoms. The second-order valence-corrected chi connectivity index (χ2v) is 13.6. The molecule has 1 aliphatic carbocycles. The van der Waals surface area contributed by atoms with Crippen LogP contribution in [0.5, 0.6) is 0 Å². The predicted molar refractivity (Wildman–Crippen MR) is 153 cm³/mol. The van der Waals surface area contributed by atoms with Crippen molar-refractivity contribution >= 4 is 34.0 Å². The van der Waals surface area contributed by atoms with Gasteiger partial charge in [-0.2, -0.15) is 0 Å². The molecule has 1 heterocycles. The zero-order valence-corrected chi connectivity index (χ0v) is 22.1. The average molecular weight is 488 g/mol. The maximum absolute atomic E-state index is 15.1. The van der Waals surface area contributed by atoms with Gasteiger partial charge in [0, 0.05) is 32.3 Å². The number of benzene rings is 4. The van der Waals surface area contributed by atoms with Crippen molar-refractivity contribution < 1.29 is 4.57 Å². The number of hydrogen-bond donors (Lipinski definition) is 0. The Morgan fingerprint density at radius 1 is 0.583 bits per heavy atom. The molecule has 2 nitrogen and oxygen atoms in total. The van der Waals surface area contributed by atoms with Gasteiger partial charge in [-0.25, -0.2) is 4.98 Å². The van der Waals surface area contributed by atoms with Crippen LogP contribution in [0.3, 0.4) is 0 Å². The van der Waals surface area contributed by atoms with E-state index in [2.05, 4.69) is 70.2 Å². The fourth-order valence-corrected chi connectivity index (χ4v) is 8.32. The molecule has 36 heavy (non-hydrogen) atoms. The minimum atomic E-state index is -3.07. The Hall–Kier alpha value is -3.48. The zero-order chi connectivity index (χ0) is 25.1. The summed E-state index contributed by atoms with van der Waals surface area (Å²) in [7, 11) is -3.07. The first-order valence-electron chi connectivity index (χ1n) is 12.5. The topological polar surface area (TPSA) is 30.0 Å². The van der Waals surface area contributed by atoms with E-state index in [1.165, 1.54) is 11.1 Å². The third kappa shape index (κ3) is 3.18. The first-order chi connectivity index (χ1) is 17.2. The summed E-state index contributed by atoms with van der Waals surface area (Å²) in [5, 5.41) is 3.74. The lowest BCUT2D eigenvalue weighted by Crippen LogP contribution is -2.44. The molecule has 0 radical (unpaired) electrons. The summed E-state index contributed by atoms with van der Waals surface area (Å²) in [6.07, 6.45) is 0. The van der Waals surface area contributed by atoms with Crippen LogP contribution in [0.25, 0.3) is 22.2 Å². The van der Waals surface area contributed by atoms with Crippen LogP contribution in [-0.4, -0.2) is 4.98 Å². The zero-order valence-electron chi connectivity index (χ0n) is 21.2. The summed E-state index contributed by atoms with van der Waals surface area (Å²) in [5.74, 6) is 0. The van der Waals surface area contributed by atoms with Crippen LogP contribution < -0.4 is 15.9 Å². The third-order valence-corrected chi connectivity index (χ3v) is 11.6. The Labute approximate surface area is 213 Å². The van der Waals surface area contributed by atoms with Crippen molar-refractivity contribution in [3.8, 4) is 11.3 Å². The van der Waals surface area contributed by atoms with Gasteiger partial charge in [0.2, 0.25) is 0 Å². The van der Waals surface area contributed by atoms with Gasteiger partial charge in [-0.3, -0.25) is 0 Å². The lowest BCUT2D eigenvalue weighted by molar-refractivity contribution is 0.298. The van der Waals surface area contributed by atoms with Gasteiger partial charge in [0.25, 0.3) is 0 Å². The largest absolute Gasteiger partial charge is 0.309 e. The molecule has 3 heteroatoms. The molecule has 0 bridgehead atoms. The van der Waals surface area contributed by atoms with E-state index in [4.69, 9.17) is 4.98 Å².